The van der Waals surface area contributed by atoms with Gasteiger partial charge in [-0.2, -0.15) is 4.68 Å². The Balaban J connectivity index is 1.48. The summed E-state index contributed by atoms with van der Waals surface area (Å²) in [5, 5.41) is 23.1. The smallest absolute Gasteiger partial charge is 0.273 e. The van der Waals surface area contributed by atoms with Crippen LogP contribution in [-0.2, 0) is 4.79 Å². The Bertz CT molecular complexity index is 1240. The predicted molar refractivity (Wildman–Crippen MR) is 113 cm³/mol. The zero-order chi connectivity index (χ0) is 21.8. The number of amides is 2. The fourth-order valence-corrected chi connectivity index (χ4v) is 3.47. The fraction of sp³-hybridized carbons (Fsp3) is 0.0556. The highest BCUT2D eigenvalue weighted by atomic mass is 35.5. The molecule has 0 bridgehead atoms. The standard InChI is InChI=1S/C18H14ClN9O2S/c19-12-8-4-5-9-13(12)27-18(22-25-26-27)31-10-14(29)21-17-15(16(20)30)23-28(24-17)11-6-2-1-3-7-11/h1-9H,10H2,(H2,20,30)(H,21,24,29). The lowest BCUT2D eigenvalue weighted by molar-refractivity contribution is -0.113. The predicted octanol–water partition coefficient (Wildman–Crippen LogP) is 1.73. The van der Waals surface area contributed by atoms with E-state index in [4.69, 9.17) is 17.3 Å². The number of primary amides is 1. The number of para-hydroxylation sites is 2. The zero-order valence-corrected chi connectivity index (χ0v) is 17.3. The Hall–Kier alpha value is -3.77. The first-order valence-corrected chi connectivity index (χ1v) is 10.2. The molecule has 0 saturated heterocycles. The first-order chi connectivity index (χ1) is 15.0. The molecule has 4 aromatic rings. The topological polar surface area (TPSA) is 146 Å². The van der Waals surface area contributed by atoms with Crippen LogP contribution in [0.15, 0.2) is 59.8 Å². The van der Waals surface area contributed by atoms with E-state index in [-0.39, 0.29) is 17.3 Å². The highest BCUT2D eigenvalue weighted by molar-refractivity contribution is 7.99. The van der Waals surface area contributed by atoms with Gasteiger partial charge >= 0.3 is 0 Å². The van der Waals surface area contributed by atoms with Gasteiger partial charge < -0.3 is 11.1 Å². The van der Waals surface area contributed by atoms with Crippen molar-refractivity contribution in [1.29, 1.82) is 0 Å². The van der Waals surface area contributed by atoms with Crippen LogP contribution in [0.4, 0.5) is 5.82 Å². The van der Waals surface area contributed by atoms with Crippen LogP contribution in [0.2, 0.25) is 5.02 Å². The summed E-state index contributed by atoms with van der Waals surface area (Å²) < 4.78 is 1.43. The van der Waals surface area contributed by atoms with Crippen LogP contribution in [0.1, 0.15) is 10.5 Å². The molecule has 0 unspecified atom stereocenters. The van der Waals surface area contributed by atoms with E-state index < -0.39 is 11.8 Å². The van der Waals surface area contributed by atoms with E-state index in [1.807, 2.05) is 6.07 Å². The van der Waals surface area contributed by atoms with Gasteiger partial charge in [-0.05, 0) is 34.7 Å². The number of carbonyl (C=O) groups excluding carboxylic acids is 2. The Morgan fingerprint density at radius 1 is 1.06 bits per heavy atom. The lowest BCUT2D eigenvalue weighted by Gasteiger charge is -2.06. The number of hydrogen-bond acceptors (Lipinski definition) is 8. The van der Waals surface area contributed by atoms with Gasteiger partial charge in [-0.1, -0.05) is 53.7 Å². The normalized spacial score (nSPS) is 10.7. The van der Waals surface area contributed by atoms with Gasteiger partial charge in [0, 0.05) is 0 Å². The lowest BCUT2D eigenvalue weighted by atomic mass is 10.3. The monoisotopic (exact) mass is 455 g/mol. The third-order valence-corrected chi connectivity index (χ3v) is 5.18. The van der Waals surface area contributed by atoms with E-state index in [1.165, 1.54) is 9.48 Å². The molecule has 0 aliphatic rings. The molecule has 0 saturated carbocycles. The Labute approximate surface area is 184 Å². The van der Waals surface area contributed by atoms with Crippen molar-refractivity contribution < 1.29 is 9.59 Å². The molecule has 0 aliphatic carbocycles. The molecule has 0 aliphatic heterocycles. The molecule has 0 atom stereocenters. The maximum absolute atomic E-state index is 12.5. The van der Waals surface area contributed by atoms with Crippen molar-refractivity contribution >= 4 is 41.0 Å². The molecule has 0 fully saturated rings. The van der Waals surface area contributed by atoms with Crippen LogP contribution in [-0.4, -0.2) is 52.8 Å². The highest BCUT2D eigenvalue weighted by Crippen LogP contribution is 2.24. The Kier molecular flexibility index (Phi) is 5.91. The first-order valence-electron chi connectivity index (χ1n) is 8.81. The molecule has 13 heteroatoms. The van der Waals surface area contributed by atoms with Crippen LogP contribution in [0.3, 0.4) is 0 Å². The summed E-state index contributed by atoms with van der Waals surface area (Å²) in [6.07, 6.45) is 0. The van der Waals surface area contributed by atoms with Gasteiger partial charge in [0.1, 0.15) is 0 Å². The van der Waals surface area contributed by atoms with Crippen LogP contribution in [0, 0.1) is 0 Å². The van der Waals surface area contributed by atoms with Gasteiger partial charge in [0.25, 0.3) is 5.91 Å². The number of thioether (sulfide) groups is 1. The summed E-state index contributed by atoms with van der Waals surface area (Å²) in [6, 6.07) is 16.0. The number of nitrogens with zero attached hydrogens (tertiary/aromatic N) is 7. The summed E-state index contributed by atoms with van der Waals surface area (Å²) in [7, 11) is 0. The van der Waals surface area contributed by atoms with Gasteiger partial charge in [-0.3, -0.25) is 9.59 Å². The van der Waals surface area contributed by atoms with Gasteiger partial charge in [-0.25, -0.2) is 0 Å². The maximum Gasteiger partial charge on any atom is 0.273 e. The average Bonchev–Trinajstić information content (AvgIpc) is 3.40. The first kappa shape index (κ1) is 20.5. The van der Waals surface area contributed by atoms with Gasteiger partial charge in [0.15, 0.2) is 11.5 Å². The third-order valence-electron chi connectivity index (χ3n) is 3.95. The average molecular weight is 456 g/mol. The van der Waals surface area contributed by atoms with Crippen LogP contribution in [0.25, 0.3) is 11.4 Å². The minimum Gasteiger partial charge on any atom is -0.364 e. The molecule has 2 amide bonds. The van der Waals surface area contributed by atoms with Crippen molar-refractivity contribution in [2.45, 2.75) is 5.16 Å². The maximum atomic E-state index is 12.5. The second-order valence-corrected chi connectivity index (χ2v) is 7.40. The van der Waals surface area contributed by atoms with Crippen molar-refractivity contribution in [1.82, 2.24) is 35.2 Å². The molecule has 0 radical (unpaired) electrons. The number of carbonyl (C=O) groups is 2. The molecular weight excluding hydrogens is 442 g/mol. The van der Waals surface area contributed by atoms with Gasteiger partial charge in [-0.15, -0.1) is 20.1 Å². The molecule has 156 valence electrons. The van der Waals surface area contributed by atoms with Crippen molar-refractivity contribution in [2.75, 3.05) is 11.1 Å². The second kappa shape index (κ2) is 8.93. The second-order valence-electron chi connectivity index (χ2n) is 6.05. The van der Waals surface area contributed by atoms with Crippen LogP contribution in [0.5, 0.6) is 0 Å². The number of aromatic nitrogens is 7. The number of nitrogens with one attached hydrogen (secondary N) is 1. The number of anilines is 1. The molecule has 2 heterocycles. The van der Waals surface area contributed by atoms with E-state index in [2.05, 4.69) is 31.0 Å². The molecular formula is C18H14ClN9O2S. The number of hydrogen-bond donors (Lipinski definition) is 2. The van der Waals surface area contributed by atoms with Gasteiger partial charge in [0.05, 0.1) is 22.2 Å². The molecule has 31 heavy (non-hydrogen) atoms. The van der Waals surface area contributed by atoms with E-state index in [1.54, 1.807) is 48.5 Å². The number of nitrogens with two attached hydrogens (primary N) is 1. The number of benzene rings is 2. The van der Waals surface area contributed by atoms with E-state index in [9.17, 15) is 9.59 Å². The quantitative estimate of drug-likeness (QED) is 0.400. The number of rotatable bonds is 7. The van der Waals surface area contributed by atoms with Crippen LogP contribution < -0.4 is 11.1 Å². The molecule has 11 nitrogen and oxygen atoms in total. The largest absolute Gasteiger partial charge is 0.364 e. The van der Waals surface area contributed by atoms with Crippen LogP contribution >= 0.6 is 23.4 Å². The highest BCUT2D eigenvalue weighted by Gasteiger charge is 2.20. The van der Waals surface area contributed by atoms with Crippen molar-refractivity contribution in [3.05, 3.63) is 65.3 Å². The molecule has 4 rings (SSSR count). The summed E-state index contributed by atoms with van der Waals surface area (Å²) in [5.41, 5.74) is 6.42. The molecule has 2 aromatic heterocycles. The Morgan fingerprint density at radius 3 is 2.55 bits per heavy atom. The summed E-state index contributed by atoms with van der Waals surface area (Å²) >= 11 is 7.28. The SMILES string of the molecule is NC(=O)c1nn(-c2ccccc2)nc1NC(=O)CSc1nnnn1-c1ccccc1Cl. The number of halogens is 1. The van der Waals surface area contributed by atoms with E-state index in [0.717, 1.165) is 11.8 Å². The van der Waals surface area contributed by atoms with E-state index in [0.29, 0.717) is 21.6 Å². The van der Waals surface area contributed by atoms with E-state index >= 15 is 0 Å². The number of tetrazole rings is 1. The lowest BCUT2D eigenvalue weighted by Crippen LogP contribution is -2.19. The molecule has 0 spiro atoms. The van der Waals surface area contributed by atoms with Crippen molar-refractivity contribution in [3.63, 3.8) is 0 Å². The summed E-state index contributed by atoms with van der Waals surface area (Å²) in [5.74, 6) is -1.34. The zero-order valence-electron chi connectivity index (χ0n) is 15.7. The Morgan fingerprint density at radius 2 is 1.81 bits per heavy atom. The fourth-order valence-electron chi connectivity index (χ4n) is 2.58. The minimum absolute atomic E-state index is 0.0346. The third kappa shape index (κ3) is 4.54. The summed E-state index contributed by atoms with van der Waals surface area (Å²) in [6.45, 7) is 0. The molecule has 3 N–H and O–H groups in total. The summed E-state index contributed by atoms with van der Waals surface area (Å²) in [4.78, 5) is 25.4. The molecule has 2 aromatic carbocycles. The van der Waals surface area contributed by atoms with Crippen molar-refractivity contribution in [2.24, 2.45) is 5.73 Å². The van der Waals surface area contributed by atoms with Gasteiger partial charge in [0.2, 0.25) is 11.1 Å². The minimum atomic E-state index is -0.812. The van der Waals surface area contributed by atoms with Crippen molar-refractivity contribution in [3.8, 4) is 11.4 Å².